The third-order valence-corrected chi connectivity index (χ3v) is 6.02. The van der Waals surface area contributed by atoms with Crippen LogP contribution in [-0.4, -0.2) is 59.1 Å². The maximum atomic E-state index is 13.7. The molecule has 3 rings (SSSR count). The van der Waals surface area contributed by atoms with Gasteiger partial charge in [-0.1, -0.05) is 43.5 Å². The number of benzene rings is 1. The first-order valence-electron chi connectivity index (χ1n) is 10.2. The molecule has 0 aromatic heterocycles. The van der Waals surface area contributed by atoms with Crippen molar-refractivity contribution in [2.45, 2.75) is 69.7 Å². The van der Waals surface area contributed by atoms with E-state index in [4.69, 9.17) is 0 Å². The SMILES string of the molecule is CN(Cc1ccccc1CNC(=O)N1CCC(O)C(F)(F)C1)C1CCCCC1. The number of alkyl halides is 2. The number of nitrogens with zero attached hydrogens (tertiary/aromatic N) is 2. The molecule has 2 N–H and O–H groups in total. The summed E-state index contributed by atoms with van der Waals surface area (Å²) in [7, 11) is 2.15. The topological polar surface area (TPSA) is 55.8 Å². The standard InChI is InChI=1S/C21H31F2N3O2/c1-25(18-9-3-2-4-10-18)14-17-8-6-5-7-16(17)13-24-20(28)26-12-11-19(27)21(22,23)15-26/h5-8,18-19,27H,2-4,9-15H2,1H3,(H,24,28). The number of aliphatic hydroxyl groups is 1. The molecule has 1 atom stereocenters. The van der Waals surface area contributed by atoms with Gasteiger partial charge < -0.3 is 15.3 Å². The minimum Gasteiger partial charge on any atom is -0.387 e. The van der Waals surface area contributed by atoms with Crippen molar-refractivity contribution in [3.05, 3.63) is 35.4 Å². The van der Waals surface area contributed by atoms with E-state index in [0.717, 1.165) is 22.6 Å². The van der Waals surface area contributed by atoms with E-state index < -0.39 is 24.6 Å². The van der Waals surface area contributed by atoms with E-state index in [1.807, 2.05) is 18.2 Å². The molecule has 1 saturated heterocycles. The van der Waals surface area contributed by atoms with Crippen LogP contribution in [0.4, 0.5) is 13.6 Å². The Hall–Kier alpha value is -1.73. The van der Waals surface area contributed by atoms with Crippen molar-refractivity contribution in [3.63, 3.8) is 0 Å². The Kier molecular flexibility index (Phi) is 6.88. The zero-order valence-electron chi connectivity index (χ0n) is 16.5. The van der Waals surface area contributed by atoms with Crippen molar-refractivity contribution in [3.8, 4) is 0 Å². The van der Waals surface area contributed by atoms with Crippen LogP contribution in [0.5, 0.6) is 0 Å². The monoisotopic (exact) mass is 395 g/mol. The van der Waals surface area contributed by atoms with Crippen LogP contribution in [0.3, 0.4) is 0 Å². The number of amides is 2. The van der Waals surface area contributed by atoms with Gasteiger partial charge in [-0.25, -0.2) is 13.6 Å². The number of carbonyl (C=O) groups excluding carboxylic acids is 1. The van der Waals surface area contributed by atoms with Gasteiger partial charge in [0.05, 0.1) is 6.54 Å². The number of aliphatic hydroxyl groups excluding tert-OH is 1. The maximum Gasteiger partial charge on any atom is 0.317 e. The van der Waals surface area contributed by atoms with Crippen LogP contribution in [0, 0.1) is 0 Å². The predicted octanol–water partition coefficient (Wildman–Crippen LogP) is 3.36. The zero-order valence-corrected chi connectivity index (χ0v) is 16.5. The fraction of sp³-hybridized carbons (Fsp3) is 0.667. The molecule has 2 aliphatic rings. The zero-order chi connectivity index (χ0) is 20.1. The molecule has 7 heteroatoms. The van der Waals surface area contributed by atoms with E-state index in [1.54, 1.807) is 0 Å². The Morgan fingerprint density at radius 3 is 2.57 bits per heavy atom. The number of urea groups is 1. The lowest BCUT2D eigenvalue weighted by molar-refractivity contribution is -0.141. The molecule has 1 aromatic carbocycles. The fourth-order valence-electron chi connectivity index (χ4n) is 4.19. The molecule has 2 amide bonds. The van der Waals surface area contributed by atoms with Gasteiger partial charge in [-0.2, -0.15) is 0 Å². The summed E-state index contributed by atoms with van der Waals surface area (Å²) in [6, 6.07) is 8.03. The van der Waals surface area contributed by atoms with E-state index in [-0.39, 0.29) is 13.0 Å². The smallest absolute Gasteiger partial charge is 0.317 e. The highest BCUT2D eigenvalue weighted by molar-refractivity contribution is 5.74. The molecule has 1 aromatic rings. The Bertz CT molecular complexity index is 665. The van der Waals surface area contributed by atoms with Crippen LogP contribution in [-0.2, 0) is 13.1 Å². The van der Waals surface area contributed by atoms with E-state index in [0.29, 0.717) is 12.6 Å². The molecular weight excluding hydrogens is 364 g/mol. The highest BCUT2D eigenvalue weighted by Gasteiger charge is 2.44. The molecule has 156 valence electrons. The second-order valence-electron chi connectivity index (χ2n) is 8.12. The first kappa shape index (κ1) is 21.0. The van der Waals surface area contributed by atoms with Gasteiger partial charge in [0.1, 0.15) is 6.10 Å². The fourth-order valence-corrected chi connectivity index (χ4v) is 4.19. The first-order chi connectivity index (χ1) is 13.4. The van der Waals surface area contributed by atoms with Crippen LogP contribution in [0.1, 0.15) is 49.7 Å². The lowest BCUT2D eigenvalue weighted by atomic mass is 9.94. The lowest BCUT2D eigenvalue weighted by Crippen LogP contribution is -2.55. The molecule has 0 spiro atoms. The highest BCUT2D eigenvalue weighted by Crippen LogP contribution is 2.27. The van der Waals surface area contributed by atoms with Crippen molar-refractivity contribution in [2.75, 3.05) is 20.1 Å². The molecule has 2 fully saturated rings. The quantitative estimate of drug-likeness (QED) is 0.804. The average molecular weight is 395 g/mol. The normalized spacial score (nSPS) is 23.0. The van der Waals surface area contributed by atoms with E-state index in [2.05, 4.69) is 23.3 Å². The van der Waals surface area contributed by atoms with Gasteiger partial charge in [0.2, 0.25) is 0 Å². The van der Waals surface area contributed by atoms with Gasteiger partial charge in [-0.15, -0.1) is 0 Å². The molecule has 1 aliphatic carbocycles. The first-order valence-corrected chi connectivity index (χ1v) is 10.2. The lowest BCUT2D eigenvalue weighted by Gasteiger charge is -2.35. The average Bonchev–Trinajstić information content (AvgIpc) is 2.69. The summed E-state index contributed by atoms with van der Waals surface area (Å²) in [5, 5.41) is 12.1. The van der Waals surface area contributed by atoms with Gasteiger partial charge in [0.15, 0.2) is 0 Å². The molecule has 5 nitrogen and oxygen atoms in total. The van der Waals surface area contributed by atoms with Crippen LogP contribution in [0.2, 0.25) is 0 Å². The molecule has 1 heterocycles. The second-order valence-corrected chi connectivity index (χ2v) is 8.12. The molecule has 0 bridgehead atoms. The number of carbonyl (C=O) groups is 1. The van der Waals surface area contributed by atoms with Crippen LogP contribution in [0.25, 0.3) is 0 Å². The predicted molar refractivity (Wildman–Crippen MR) is 104 cm³/mol. The van der Waals surface area contributed by atoms with Crippen molar-refractivity contribution >= 4 is 6.03 Å². The number of halogens is 2. The summed E-state index contributed by atoms with van der Waals surface area (Å²) in [5.41, 5.74) is 2.15. The van der Waals surface area contributed by atoms with Gasteiger partial charge in [-0.3, -0.25) is 4.90 Å². The molecule has 0 radical (unpaired) electrons. The summed E-state index contributed by atoms with van der Waals surface area (Å²) in [6.07, 6.45) is 4.55. The number of likely N-dealkylation sites (tertiary alicyclic amines) is 1. The van der Waals surface area contributed by atoms with Crippen LogP contribution in [0.15, 0.2) is 24.3 Å². The van der Waals surface area contributed by atoms with Crippen molar-refractivity contribution in [2.24, 2.45) is 0 Å². The highest BCUT2D eigenvalue weighted by atomic mass is 19.3. The number of rotatable bonds is 5. The minimum atomic E-state index is -3.25. The van der Waals surface area contributed by atoms with Gasteiger partial charge in [0, 0.05) is 25.7 Å². The van der Waals surface area contributed by atoms with E-state index >= 15 is 0 Å². The summed E-state index contributed by atoms with van der Waals surface area (Å²) < 4.78 is 27.4. The Balaban J connectivity index is 1.56. The van der Waals surface area contributed by atoms with E-state index in [9.17, 15) is 18.7 Å². The Labute approximate surface area is 165 Å². The van der Waals surface area contributed by atoms with Crippen molar-refractivity contribution in [1.29, 1.82) is 0 Å². The number of hydrogen-bond donors (Lipinski definition) is 2. The summed E-state index contributed by atoms with van der Waals surface area (Å²) in [5.74, 6) is -3.25. The number of hydrogen-bond acceptors (Lipinski definition) is 3. The molecular formula is C21H31F2N3O2. The van der Waals surface area contributed by atoms with Crippen LogP contribution < -0.4 is 5.32 Å². The third kappa shape index (κ3) is 5.20. The second kappa shape index (κ2) is 9.18. The maximum absolute atomic E-state index is 13.7. The van der Waals surface area contributed by atoms with Gasteiger partial charge >= 0.3 is 6.03 Å². The summed E-state index contributed by atoms with van der Waals surface area (Å²) in [6.45, 7) is 0.504. The minimum absolute atomic E-state index is 0.108. The van der Waals surface area contributed by atoms with E-state index in [1.165, 1.54) is 32.1 Å². The molecule has 1 aliphatic heterocycles. The molecule has 1 saturated carbocycles. The Morgan fingerprint density at radius 2 is 1.89 bits per heavy atom. The molecule has 1 unspecified atom stereocenters. The van der Waals surface area contributed by atoms with Gasteiger partial charge in [0.25, 0.3) is 5.92 Å². The largest absolute Gasteiger partial charge is 0.387 e. The summed E-state index contributed by atoms with van der Waals surface area (Å²) in [4.78, 5) is 15.8. The molecule has 28 heavy (non-hydrogen) atoms. The van der Waals surface area contributed by atoms with Crippen molar-refractivity contribution < 1.29 is 18.7 Å². The number of piperidine rings is 1. The summed E-state index contributed by atoms with van der Waals surface area (Å²) >= 11 is 0. The number of nitrogens with one attached hydrogen (secondary N) is 1. The van der Waals surface area contributed by atoms with Crippen LogP contribution >= 0.6 is 0 Å². The third-order valence-electron chi connectivity index (χ3n) is 6.02. The van der Waals surface area contributed by atoms with Gasteiger partial charge in [-0.05, 0) is 37.4 Å². The Morgan fingerprint density at radius 1 is 1.21 bits per heavy atom. The van der Waals surface area contributed by atoms with Crippen molar-refractivity contribution in [1.82, 2.24) is 15.1 Å².